The van der Waals surface area contributed by atoms with E-state index in [1.807, 2.05) is 27.8 Å². The maximum Gasteiger partial charge on any atom is 0.0860 e. The highest BCUT2D eigenvalue weighted by Crippen LogP contribution is 2.23. The van der Waals surface area contributed by atoms with E-state index in [4.69, 9.17) is 11.6 Å². The van der Waals surface area contributed by atoms with Gasteiger partial charge in [0.2, 0.25) is 0 Å². The van der Waals surface area contributed by atoms with E-state index in [9.17, 15) is 5.11 Å². The number of halogens is 1. The number of nitrogens with zero attached hydrogens (tertiary/aromatic N) is 2. The Balaban J connectivity index is 2.81. The van der Waals surface area contributed by atoms with Gasteiger partial charge in [0.25, 0.3) is 0 Å². The third-order valence-corrected chi connectivity index (χ3v) is 3.98. The second kappa shape index (κ2) is 4.59. The molecular formula is C12H22ClN3O. The zero-order valence-corrected chi connectivity index (χ0v) is 12.2. The Bertz CT molecular complexity index is 405. The first kappa shape index (κ1) is 14.5. The van der Waals surface area contributed by atoms with Crippen LogP contribution in [-0.4, -0.2) is 26.0 Å². The van der Waals surface area contributed by atoms with Crippen LogP contribution in [0.25, 0.3) is 0 Å². The number of nitrogens with one attached hydrogen (secondary N) is 1. The first-order valence-electron chi connectivity index (χ1n) is 5.71. The third-order valence-electron chi connectivity index (χ3n) is 3.49. The number of hydrogen-bond donors (Lipinski definition) is 2. The van der Waals surface area contributed by atoms with Gasteiger partial charge in [-0.2, -0.15) is 5.10 Å². The van der Waals surface area contributed by atoms with E-state index in [-0.39, 0.29) is 0 Å². The minimum Gasteiger partial charge on any atom is -0.389 e. The second-order valence-electron chi connectivity index (χ2n) is 5.51. The molecule has 0 saturated carbocycles. The fourth-order valence-electron chi connectivity index (χ4n) is 1.39. The lowest BCUT2D eigenvalue weighted by Gasteiger charge is -2.38. The summed E-state index contributed by atoms with van der Waals surface area (Å²) < 4.78 is 1.77. The van der Waals surface area contributed by atoms with Crippen molar-refractivity contribution in [2.45, 2.75) is 52.3 Å². The molecule has 17 heavy (non-hydrogen) atoms. The first-order chi connectivity index (χ1) is 7.56. The smallest absolute Gasteiger partial charge is 0.0860 e. The molecule has 0 unspecified atom stereocenters. The van der Waals surface area contributed by atoms with Crippen LogP contribution in [0.15, 0.2) is 0 Å². The number of aryl methyl sites for hydroxylation is 2. The van der Waals surface area contributed by atoms with Crippen molar-refractivity contribution in [3.05, 3.63) is 16.4 Å². The van der Waals surface area contributed by atoms with Crippen molar-refractivity contribution in [1.29, 1.82) is 0 Å². The Morgan fingerprint density at radius 3 is 2.24 bits per heavy atom. The average molecular weight is 260 g/mol. The van der Waals surface area contributed by atoms with Gasteiger partial charge in [-0.05, 0) is 34.6 Å². The maximum atomic E-state index is 10.0. The van der Waals surface area contributed by atoms with Crippen molar-refractivity contribution in [1.82, 2.24) is 15.1 Å². The van der Waals surface area contributed by atoms with Crippen LogP contribution in [0.2, 0.25) is 5.02 Å². The molecular weight excluding hydrogens is 238 g/mol. The van der Waals surface area contributed by atoms with Gasteiger partial charge in [0, 0.05) is 19.1 Å². The molecule has 2 N–H and O–H groups in total. The minimum atomic E-state index is -0.812. The zero-order chi connectivity index (χ0) is 13.4. The minimum absolute atomic E-state index is 0.408. The lowest BCUT2D eigenvalue weighted by molar-refractivity contribution is -0.00558. The summed E-state index contributed by atoms with van der Waals surface area (Å²) in [5.74, 6) is 0. The molecule has 0 aliphatic carbocycles. The van der Waals surface area contributed by atoms with Crippen LogP contribution < -0.4 is 5.32 Å². The molecule has 4 nitrogen and oxygen atoms in total. The van der Waals surface area contributed by atoms with E-state index in [0.717, 1.165) is 11.4 Å². The van der Waals surface area contributed by atoms with Crippen LogP contribution in [0, 0.1) is 6.92 Å². The van der Waals surface area contributed by atoms with E-state index >= 15 is 0 Å². The molecule has 0 atom stereocenters. The van der Waals surface area contributed by atoms with Crippen molar-refractivity contribution in [2.75, 3.05) is 0 Å². The highest BCUT2D eigenvalue weighted by molar-refractivity contribution is 6.31. The summed E-state index contributed by atoms with van der Waals surface area (Å²) in [6, 6.07) is 0. The molecule has 5 heteroatoms. The summed E-state index contributed by atoms with van der Waals surface area (Å²) in [7, 11) is 1.87. The van der Waals surface area contributed by atoms with E-state index in [0.29, 0.717) is 11.6 Å². The monoisotopic (exact) mass is 259 g/mol. The summed E-state index contributed by atoms with van der Waals surface area (Å²) in [5.41, 5.74) is 0.537. The van der Waals surface area contributed by atoms with Gasteiger partial charge in [0.05, 0.1) is 22.0 Å². The first-order valence-corrected chi connectivity index (χ1v) is 6.09. The molecule has 1 rings (SSSR count). The molecule has 0 aromatic carbocycles. The van der Waals surface area contributed by atoms with Gasteiger partial charge in [-0.1, -0.05) is 11.6 Å². The molecule has 1 heterocycles. The highest BCUT2D eigenvalue weighted by Gasteiger charge is 2.34. The van der Waals surface area contributed by atoms with Gasteiger partial charge < -0.3 is 10.4 Å². The average Bonchev–Trinajstić information content (AvgIpc) is 2.37. The summed E-state index contributed by atoms with van der Waals surface area (Å²) in [6.45, 7) is 9.96. The van der Waals surface area contributed by atoms with E-state index in [1.54, 1.807) is 18.5 Å². The van der Waals surface area contributed by atoms with Gasteiger partial charge in [0.15, 0.2) is 0 Å². The van der Waals surface area contributed by atoms with Crippen molar-refractivity contribution < 1.29 is 5.11 Å². The van der Waals surface area contributed by atoms with Crippen LogP contribution >= 0.6 is 11.6 Å². The molecule has 1 aromatic heterocycles. The van der Waals surface area contributed by atoms with Crippen molar-refractivity contribution in [2.24, 2.45) is 7.05 Å². The molecule has 0 aliphatic rings. The number of hydrogen-bond acceptors (Lipinski definition) is 3. The van der Waals surface area contributed by atoms with Gasteiger partial charge in [-0.3, -0.25) is 4.68 Å². The van der Waals surface area contributed by atoms with Gasteiger partial charge >= 0.3 is 0 Å². The number of aromatic nitrogens is 2. The third kappa shape index (κ3) is 3.00. The summed E-state index contributed by atoms with van der Waals surface area (Å²) in [4.78, 5) is 0. The van der Waals surface area contributed by atoms with Crippen LogP contribution in [0.1, 0.15) is 39.1 Å². The Morgan fingerprint density at radius 1 is 1.35 bits per heavy atom. The quantitative estimate of drug-likeness (QED) is 0.870. The lowest BCUT2D eigenvalue weighted by Crippen LogP contribution is -2.55. The predicted molar refractivity (Wildman–Crippen MR) is 70.2 cm³/mol. The molecule has 98 valence electrons. The van der Waals surface area contributed by atoms with E-state index < -0.39 is 11.1 Å². The van der Waals surface area contributed by atoms with E-state index in [2.05, 4.69) is 10.4 Å². The molecule has 0 fully saturated rings. The SMILES string of the molecule is Cc1nn(C)c(CNC(C)(C)C(C)(C)O)c1Cl. The molecule has 0 spiro atoms. The summed E-state index contributed by atoms with van der Waals surface area (Å²) in [5, 5.41) is 18.3. The van der Waals surface area contributed by atoms with E-state index in [1.165, 1.54) is 0 Å². The fraction of sp³-hybridized carbons (Fsp3) is 0.750. The fourth-order valence-corrected chi connectivity index (χ4v) is 1.62. The maximum absolute atomic E-state index is 10.0. The normalized spacial score (nSPS) is 13.2. The summed E-state index contributed by atoms with van der Waals surface area (Å²) >= 11 is 6.17. The Morgan fingerprint density at radius 2 is 1.88 bits per heavy atom. The summed E-state index contributed by atoms with van der Waals surface area (Å²) in [6.07, 6.45) is 0. The molecule has 0 saturated heterocycles. The number of aliphatic hydroxyl groups is 1. The van der Waals surface area contributed by atoms with Crippen molar-refractivity contribution in [3.63, 3.8) is 0 Å². The zero-order valence-electron chi connectivity index (χ0n) is 11.4. The van der Waals surface area contributed by atoms with Gasteiger partial charge in [-0.15, -0.1) is 0 Å². The highest BCUT2D eigenvalue weighted by atomic mass is 35.5. The molecule has 1 aromatic rings. The molecule has 0 aliphatic heterocycles. The van der Waals surface area contributed by atoms with Crippen LogP contribution in [-0.2, 0) is 13.6 Å². The molecule has 0 radical (unpaired) electrons. The number of rotatable bonds is 4. The van der Waals surface area contributed by atoms with Crippen LogP contribution in [0.4, 0.5) is 0 Å². The molecule has 0 bridgehead atoms. The van der Waals surface area contributed by atoms with Gasteiger partial charge in [-0.25, -0.2) is 0 Å². The topological polar surface area (TPSA) is 50.1 Å². The largest absolute Gasteiger partial charge is 0.389 e. The Kier molecular flexibility index (Phi) is 3.91. The second-order valence-corrected chi connectivity index (χ2v) is 5.89. The molecule has 0 amide bonds. The Hall–Kier alpha value is -0.580. The van der Waals surface area contributed by atoms with Gasteiger partial charge in [0.1, 0.15) is 0 Å². The van der Waals surface area contributed by atoms with Crippen LogP contribution in [0.5, 0.6) is 0 Å². The van der Waals surface area contributed by atoms with Crippen molar-refractivity contribution >= 4 is 11.6 Å². The predicted octanol–water partition coefficient (Wildman–Crippen LogP) is 2.02. The van der Waals surface area contributed by atoms with Crippen LogP contribution in [0.3, 0.4) is 0 Å². The lowest BCUT2D eigenvalue weighted by atomic mass is 9.86. The van der Waals surface area contributed by atoms with Crippen molar-refractivity contribution in [3.8, 4) is 0 Å². The Labute approximate surface area is 108 Å². The standard InChI is InChI=1S/C12H22ClN3O/c1-8-10(13)9(16(6)15-8)7-14-11(2,3)12(4,5)17/h14,17H,7H2,1-6H3.